The van der Waals surface area contributed by atoms with Gasteiger partial charge in [-0.3, -0.25) is 19.2 Å². The van der Waals surface area contributed by atoms with Gasteiger partial charge < -0.3 is 40.2 Å². The Hall–Kier alpha value is -4.96. The van der Waals surface area contributed by atoms with Crippen LogP contribution in [0.2, 0.25) is 0 Å². The molecule has 4 amide bonds. The standard InChI is InChI=1S/C42H54F2N10O4/c1-23(45-3)39(55)49-35(25-9-10-25)41(57)51-17-5-7-29(51)21-53-33-15-13-27(43)19-31(33)47-37(53)38-48-32-20-28(44)14-16-34(32)54(38)22-30-8-6-18-52(30)42(58)36(26-11-12-26)50-40(56)24(2)46-4/h13-16,19-20,23-26,29-30,35-36,45-46H,5-12,17-18,21-22H2,1-4H3,(H,49,55)(H,50,56)/t23-,24-,29+,30+,35-,36-/m1/s1. The molecule has 2 aliphatic carbocycles. The molecule has 2 saturated heterocycles. The van der Waals surface area contributed by atoms with Crippen molar-refractivity contribution < 1.29 is 28.0 Å². The molecule has 4 aromatic rings. The van der Waals surface area contributed by atoms with Crippen LogP contribution < -0.4 is 21.3 Å². The van der Waals surface area contributed by atoms with Crippen molar-refractivity contribution in [1.29, 1.82) is 0 Å². The number of carbonyl (C=O) groups is 4. The Balaban J connectivity index is 1.14. The number of amides is 4. The smallest absolute Gasteiger partial charge is 0.245 e. The summed E-state index contributed by atoms with van der Waals surface area (Å²) in [7, 11) is 3.42. The summed E-state index contributed by atoms with van der Waals surface area (Å²) in [5.74, 6) is -0.492. The molecule has 4 heterocycles. The summed E-state index contributed by atoms with van der Waals surface area (Å²) in [4.78, 5) is 68.1. The van der Waals surface area contributed by atoms with E-state index in [1.54, 1.807) is 40.1 Å². The van der Waals surface area contributed by atoms with E-state index in [-0.39, 0.29) is 47.5 Å². The van der Waals surface area contributed by atoms with E-state index in [1.165, 1.54) is 24.3 Å². The van der Waals surface area contributed by atoms with Gasteiger partial charge in [0.1, 0.15) is 23.7 Å². The fraction of sp³-hybridized carbons (Fsp3) is 0.571. The monoisotopic (exact) mass is 800 g/mol. The molecule has 4 fully saturated rings. The number of likely N-dealkylation sites (tertiary alicyclic amines) is 2. The highest BCUT2D eigenvalue weighted by Crippen LogP contribution is 2.38. The van der Waals surface area contributed by atoms with Gasteiger partial charge in [-0.05, 0) is 115 Å². The number of likely N-dealkylation sites (N-methyl/N-ethyl adjacent to an activating group) is 2. The van der Waals surface area contributed by atoms with Gasteiger partial charge in [0.2, 0.25) is 23.6 Å². The average molecular weight is 801 g/mol. The Labute approximate surface area is 336 Å². The van der Waals surface area contributed by atoms with Crippen LogP contribution in [0.25, 0.3) is 33.7 Å². The van der Waals surface area contributed by atoms with Gasteiger partial charge in [0.05, 0.1) is 34.2 Å². The van der Waals surface area contributed by atoms with Gasteiger partial charge in [0, 0.05) is 50.4 Å². The summed E-state index contributed by atoms with van der Waals surface area (Å²) in [5.41, 5.74) is 2.14. The van der Waals surface area contributed by atoms with Crippen molar-refractivity contribution in [2.45, 2.75) is 115 Å². The van der Waals surface area contributed by atoms with E-state index in [0.29, 0.717) is 59.9 Å². The van der Waals surface area contributed by atoms with Crippen molar-refractivity contribution in [2.75, 3.05) is 27.2 Å². The van der Waals surface area contributed by atoms with Gasteiger partial charge in [-0.1, -0.05) is 0 Å². The second-order valence-corrected chi connectivity index (χ2v) is 16.7. The third-order valence-corrected chi connectivity index (χ3v) is 12.7. The quantitative estimate of drug-likeness (QED) is 0.143. The Morgan fingerprint density at radius 3 is 1.41 bits per heavy atom. The summed E-state index contributed by atoms with van der Waals surface area (Å²) >= 11 is 0. The molecule has 0 bridgehead atoms. The van der Waals surface area contributed by atoms with E-state index >= 15 is 0 Å². The highest BCUT2D eigenvalue weighted by Gasteiger charge is 2.44. The maximum Gasteiger partial charge on any atom is 0.245 e. The number of rotatable bonds is 15. The van der Waals surface area contributed by atoms with Crippen LogP contribution in [0.5, 0.6) is 0 Å². The first kappa shape index (κ1) is 39.8. The summed E-state index contributed by atoms with van der Waals surface area (Å²) in [5, 5.41) is 11.9. The van der Waals surface area contributed by atoms with E-state index in [1.807, 2.05) is 18.9 Å². The number of imidazole rings is 2. The number of aromatic nitrogens is 4. The lowest BCUT2D eigenvalue weighted by Gasteiger charge is -2.31. The number of fused-ring (bicyclic) bond motifs is 2. The third-order valence-electron chi connectivity index (χ3n) is 12.7. The minimum atomic E-state index is -0.618. The first-order chi connectivity index (χ1) is 27.9. The number of nitrogens with zero attached hydrogens (tertiary/aromatic N) is 6. The zero-order chi connectivity index (χ0) is 40.8. The number of carbonyl (C=O) groups excluding carboxylic acids is 4. The molecule has 58 heavy (non-hydrogen) atoms. The minimum Gasteiger partial charge on any atom is -0.343 e. The zero-order valence-corrected chi connectivity index (χ0v) is 33.6. The molecule has 4 N–H and O–H groups in total. The molecule has 0 spiro atoms. The van der Waals surface area contributed by atoms with Crippen molar-refractivity contribution >= 4 is 45.7 Å². The normalized spacial score (nSPS) is 21.7. The summed E-state index contributed by atoms with van der Waals surface area (Å²) in [6, 6.07) is 6.27. The van der Waals surface area contributed by atoms with Crippen LogP contribution in [0, 0.1) is 23.5 Å². The molecule has 8 rings (SSSR count). The Kier molecular flexibility index (Phi) is 11.2. The number of nitrogens with one attached hydrogen (secondary N) is 4. The average Bonchev–Trinajstić information content (AvgIpc) is 4.08. The second kappa shape index (κ2) is 16.4. The van der Waals surface area contributed by atoms with Crippen LogP contribution in [0.15, 0.2) is 36.4 Å². The molecule has 0 radical (unpaired) electrons. The van der Waals surface area contributed by atoms with Gasteiger partial charge in [0.25, 0.3) is 0 Å². The topological polar surface area (TPSA) is 159 Å². The summed E-state index contributed by atoms with van der Waals surface area (Å²) in [6.45, 7) is 5.28. The Bertz CT molecular complexity index is 2060. The molecule has 2 aromatic carbocycles. The summed E-state index contributed by atoms with van der Waals surface area (Å²) in [6.07, 6.45) is 6.49. The maximum atomic E-state index is 14.8. The molecule has 310 valence electrons. The van der Waals surface area contributed by atoms with Crippen molar-refractivity contribution in [2.24, 2.45) is 11.8 Å². The molecule has 6 atom stereocenters. The molecular weight excluding hydrogens is 747 g/mol. The Morgan fingerprint density at radius 1 is 0.655 bits per heavy atom. The first-order valence-electron chi connectivity index (χ1n) is 20.8. The molecule has 4 aliphatic rings. The van der Waals surface area contributed by atoms with E-state index < -0.39 is 35.8 Å². The van der Waals surface area contributed by atoms with Crippen LogP contribution in [0.1, 0.15) is 65.2 Å². The van der Waals surface area contributed by atoms with E-state index in [4.69, 9.17) is 9.97 Å². The van der Waals surface area contributed by atoms with Crippen molar-refractivity contribution in [3.8, 4) is 11.6 Å². The van der Waals surface area contributed by atoms with Crippen LogP contribution >= 0.6 is 0 Å². The summed E-state index contributed by atoms with van der Waals surface area (Å²) < 4.78 is 33.5. The Morgan fingerprint density at radius 2 is 1.05 bits per heavy atom. The lowest BCUT2D eigenvalue weighted by atomic mass is 10.1. The third kappa shape index (κ3) is 7.92. The molecule has 2 aliphatic heterocycles. The predicted molar refractivity (Wildman–Crippen MR) is 214 cm³/mol. The van der Waals surface area contributed by atoms with Gasteiger partial charge in [-0.2, -0.15) is 0 Å². The highest BCUT2D eigenvalue weighted by atomic mass is 19.1. The van der Waals surface area contributed by atoms with Crippen LogP contribution in [-0.4, -0.2) is 116 Å². The van der Waals surface area contributed by atoms with Crippen molar-refractivity contribution in [3.63, 3.8) is 0 Å². The minimum absolute atomic E-state index is 0.0874. The molecule has 2 aromatic heterocycles. The van der Waals surface area contributed by atoms with Crippen LogP contribution in [0.4, 0.5) is 8.78 Å². The van der Waals surface area contributed by atoms with Crippen molar-refractivity contribution in [1.82, 2.24) is 50.2 Å². The largest absolute Gasteiger partial charge is 0.343 e. The fourth-order valence-electron chi connectivity index (χ4n) is 8.77. The van der Waals surface area contributed by atoms with Gasteiger partial charge in [-0.25, -0.2) is 18.7 Å². The highest BCUT2D eigenvalue weighted by molar-refractivity contribution is 5.91. The molecule has 16 heteroatoms. The fourth-order valence-corrected chi connectivity index (χ4v) is 8.77. The van der Waals surface area contributed by atoms with E-state index in [0.717, 1.165) is 51.4 Å². The predicted octanol–water partition coefficient (Wildman–Crippen LogP) is 3.32. The van der Waals surface area contributed by atoms with Crippen LogP contribution in [-0.2, 0) is 32.3 Å². The maximum absolute atomic E-state index is 14.8. The molecule has 0 unspecified atom stereocenters. The molecule has 2 saturated carbocycles. The number of halogens is 2. The van der Waals surface area contributed by atoms with Gasteiger partial charge in [-0.15, -0.1) is 0 Å². The zero-order valence-electron chi connectivity index (χ0n) is 33.6. The van der Waals surface area contributed by atoms with Crippen LogP contribution in [0.3, 0.4) is 0 Å². The number of hydrogen-bond donors (Lipinski definition) is 4. The molecular formula is C42H54F2N10O4. The van der Waals surface area contributed by atoms with Gasteiger partial charge in [0.15, 0.2) is 11.6 Å². The number of hydrogen-bond acceptors (Lipinski definition) is 8. The van der Waals surface area contributed by atoms with Gasteiger partial charge >= 0.3 is 0 Å². The lowest BCUT2D eigenvalue weighted by molar-refractivity contribution is -0.138. The number of benzene rings is 2. The SMILES string of the molecule is CN[C@H](C)C(=O)N[C@@H](C(=O)N1CCC[C@H]1Cn1c(-c2nc3cc(F)ccc3n2C[C@@H]2CCCN2C(=O)[C@H](NC(=O)[C@@H](C)NC)C2CC2)nc2cc(F)ccc21)C1CC1. The van der Waals surface area contributed by atoms with Crippen molar-refractivity contribution in [3.05, 3.63) is 48.0 Å². The second-order valence-electron chi connectivity index (χ2n) is 16.7. The van der Waals surface area contributed by atoms with E-state index in [9.17, 15) is 28.0 Å². The molecule has 14 nitrogen and oxygen atoms in total. The van der Waals surface area contributed by atoms with E-state index in [2.05, 4.69) is 21.3 Å². The first-order valence-corrected chi connectivity index (χ1v) is 20.8. The lowest BCUT2D eigenvalue weighted by Crippen LogP contribution is -2.54.